The molecule has 0 aliphatic heterocycles. The highest BCUT2D eigenvalue weighted by Crippen LogP contribution is 2.30. The summed E-state index contributed by atoms with van der Waals surface area (Å²) in [6, 6.07) is 7.46. The molecule has 5 heteroatoms. The summed E-state index contributed by atoms with van der Waals surface area (Å²) in [4.78, 5) is 12.1. The Morgan fingerprint density at radius 3 is 2.63 bits per heavy atom. The molecule has 2 aromatic heterocycles. The van der Waals surface area contributed by atoms with Gasteiger partial charge in [-0.15, -0.1) is 0 Å². The van der Waals surface area contributed by atoms with E-state index in [0.717, 1.165) is 27.9 Å². The van der Waals surface area contributed by atoms with Gasteiger partial charge in [0, 0.05) is 11.3 Å². The van der Waals surface area contributed by atoms with Gasteiger partial charge >= 0.3 is 0 Å². The zero-order chi connectivity index (χ0) is 13.6. The van der Waals surface area contributed by atoms with E-state index in [1.807, 2.05) is 38.1 Å². The molecule has 0 saturated carbocycles. The number of anilines is 1. The first-order valence-corrected chi connectivity index (χ1v) is 6.33. The van der Waals surface area contributed by atoms with Gasteiger partial charge in [0.05, 0.1) is 10.4 Å². The third-order valence-electron chi connectivity index (χ3n) is 3.30. The highest BCUT2D eigenvalue weighted by molar-refractivity contribution is 6.33. The average molecular weight is 273 g/mol. The minimum Gasteiger partial charge on any atom is -0.383 e. The number of nitrogen functional groups attached to an aromatic ring is 1. The number of H-pyrrole nitrogens is 1. The number of nitrogens with one attached hydrogen (secondary N) is 1. The SMILES string of the molecule is Cc1[nH]c2nc(-c3ccccc3Cl)nc(N)c2c1C. The smallest absolute Gasteiger partial charge is 0.165 e. The number of rotatable bonds is 1. The van der Waals surface area contributed by atoms with E-state index in [9.17, 15) is 0 Å². The van der Waals surface area contributed by atoms with Crippen molar-refractivity contribution < 1.29 is 0 Å². The highest BCUT2D eigenvalue weighted by Gasteiger charge is 2.14. The molecule has 0 saturated heterocycles. The van der Waals surface area contributed by atoms with Gasteiger partial charge in [0.15, 0.2) is 5.82 Å². The van der Waals surface area contributed by atoms with Crippen molar-refractivity contribution in [2.45, 2.75) is 13.8 Å². The second kappa shape index (κ2) is 4.24. The van der Waals surface area contributed by atoms with Crippen molar-refractivity contribution >= 4 is 28.5 Å². The molecule has 0 unspecified atom stereocenters. The molecule has 3 aromatic rings. The monoisotopic (exact) mass is 272 g/mol. The quantitative estimate of drug-likeness (QED) is 0.713. The molecular weight excluding hydrogens is 260 g/mol. The summed E-state index contributed by atoms with van der Waals surface area (Å²) in [6.45, 7) is 3.99. The summed E-state index contributed by atoms with van der Waals surface area (Å²) in [5, 5.41) is 1.49. The van der Waals surface area contributed by atoms with Gasteiger partial charge < -0.3 is 10.7 Å². The predicted molar refractivity (Wildman–Crippen MR) is 78.2 cm³/mol. The fourth-order valence-electron chi connectivity index (χ4n) is 2.16. The lowest BCUT2D eigenvalue weighted by Crippen LogP contribution is -1.97. The lowest BCUT2D eigenvalue weighted by molar-refractivity contribution is 1.19. The van der Waals surface area contributed by atoms with Gasteiger partial charge in [-0.05, 0) is 31.5 Å². The second-order valence-corrected chi connectivity index (χ2v) is 4.92. The van der Waals surface area contributed by atoms with Crippen LogP contribution in [-0.2, 0) is 0 Å². The van der Waals surface area contributed by atoms with Crippen LogP contribution >= 0.6 is 11.6 Å². The molecule has 0 fully saturated rings. The lowest BCUT2D eigenvalue weighted by atomic mass is 10.2. The number of hydrogen-bond acceptors (Lipinski definition) is 3. The molecule has 0 spiro atoms. The summed E-state index contributed by atoms with van der Waals surface area (Å²) in [5.41, 5.74) is 9.70. The Kier molecular flexibility index (Phi) is 2.68. The van der Waals surface area contributed by atoms with Crippen LogP contribution < -0.4 is 5.73 Å². The van der Waals surface area contributed by atoms with Crippen LogP contribution in [0.5, 0.6) is 0 Å². The van der Waals surface area contributed by atoms with Crippen LogP contribution in [0.3, 0.4) is 0 Å². The number of aromatic nitrogens is 3. The number of fused-ring (bicyclic) bond motifs is 1. The molecule has 0 bridgehead atoms. The molecule has 19 heavy (non-hydrogen) atoms. The largest absolute Gasteiger partial charge is 0.383 e. The predicted octanol–water partition coefficient (Wildman–Crippen LogP) is 3.48. The van der Waals surface area contributed by atoms with Gasteiger partial charge in [0.2, 0.25) is 0 Å². The van der Waals surface area contributed by atoms with E-state index in [-0.39, 0.29) is 0 Å². The van der Waals surface area contributed by atoms with Gasteiger partial charge in [-0.2, -0.15) is 0 Å². The number of halogens is 1. The molecule has 0 radical (unpaired) electrons. The minimum absolute atomic E-state index is 0.474. The second-order valence-electron chi connectivity index (χ2n) is 4.51. The Bertz CT molecular complexity index is 776. The van der Waals surface area contributed by atoms with Crippen LogP contribution in [0.2, 0.25) is 5.02 Å². The first kappa shape index (κ1) is 12.0. The molecule has 1 aromatic carbocycles. The molecule has 0 amide bonds. The number of aromatic amines is 1. The van der Waals surface area contributed by atoms with Crippen LogP contribution in [-0.4, -0.2) is 15.0 Å². The van der Waals surface area contributed by atoms with E-state index in [1.54, 1.807) is 0 Å². The Balaban J connectivity index is 2.30. The van der Waals surface area contributed by atoms with Crippen molar-refractivity contribution in [3.05, 3.63) is 40.5 Å². The number of hydrogen-bond donors (Lipinski definition) is 2. The molecule has 96 valence electrons. The van der Waals surface area contributed by atoms with Crippen molar-refractivity contribution in [3.8, 4) is 11.4 Å². The fraction of sp³-hybridized carbons (Fsp3) is 0.143. The first-order chi connectivity index (χ1) is 9.08. The van der Waals surface area contributed by atoms with E-state index in [0.29, 0.717) is 16.7 Å². The van der Waals surface area contributed by atoms with Crippen molar-refractivity contribution in [2.24, 2.45) is 0 Å². The van der Waals surface area contributed by atoms with E-state index in [4.69, 9.17) is 17.3 Å². The van der Waals surface area contributed by atoms with Gasteiger partial charge in [-0.25, -0.2) is 9.97 Å². The Morgan fingerprint density at radius 1 is 1.16 bits per heavy atom. The van der Waals surface area contributed by atoms with Gasteiger partial charge in [-0.3, -0.25) is 0 Å². The van der Waals surface area contributed by atoms with Gasteiger partial charge in [0.1, 0.15) is 11.5 Å². The summed E-state index contributed by atoms with van der Waals surface area (Å²) in [7, 11) is 0. The Morgan fingerprint density at radius 2 is 1.89 bits per heavy atom. The van der Waals surface area contributed by atoms with Crippen molar-refractivity contribution in [2.75, 3.05) is 5.73 Å². The van der Waals surface area contributed by atoms with E-state index >= 15 is 0 Å². The maximum absolute atomic E-state index is 6.17. The number of nitrogens with zero attached hydrogens (tertiary/aromatic N) is 2. The molecule has 0 aliphatic carbocycles. The van der Waals surface area contributed by atoms with Crippen LogP contribution in [0.1, 0.15) is 11.3 Å². The molecule has 0 aliphatic rings. The summed E-state index contributed by atoms with van der Waals surface area (Å²) in [5.74, 6) is 1.01. The Hall–Kier alpha value is -2.07. The maximum atomic E-state index is 6.17. The molecule has 2 heterocycles. The standard InChI is InChI=1S/C14H13ClN4/c1-7-8(2)17-14-11(7)12(16)18-13(19-14)9-5-3-4-6-10(9)15/h3-6H,1-2H3,(H3,16,17,18,19). The summed E-state index contributed by atoms with van der Waals surface area (Å²) < 4.78 is 0. The van der Waals surface area contributed by atoms with Gasteiger partial charge in [-0.1, -0.05) is 23.7 Å². The Labute approximate surface area is 115 Å². The summed E-state index contributed by atoms with van der Waals surface area (Å²) >= 11 is 6.17. The van der Waals surface area contributed by atoms with E-state index in [1.165, 1.54) is 0 Å². The normalized spacial score (nSPS) is 11.1. The maximum Gasteiger partial charge on any atom is 0.165 e. The topological polar surface area (TPSA) is 67.6 Å². The zero-order valence-electron chi connectivity index (χ0n) is 10.7. The van der Waals surface area contributed by atoms with Crippen molar-refractivity contribution in [3.63, 3.8) is 0 Å². The zero-order valence-corrected chi connectivity index (χ0v) is 11.4. The minimum atomic E-state index is 0.474. The fourth-order valence-corrected chi connectivity index (χ4v) is 2.38. The summed E-state index contributed by atoms with van der Waals surface area (Å²) in [6.07, 6.45) is 0. The van der Waals surface area contributed by atoms with Crippen LogP contribution in [0.15, 0.2) is 24.3 Å². The lowest BCUT2D eigenvalue weighted by Gasteiger charge is -2.04. The van der Waals surface area contributed by atoms with Gasteiger partial charge in [0.25, 0.3) is 0 Å². The first-order valence-electron chi connectivity index (χ1n) is 5.95. The van der Waals surface area contributed by atoms with Crippen molar-refractivity contribution in [1.82, 2.24) is 15.0 Å². The highest BCUT2D eigenvalue weighted by atomic mass is 35.5. The third kappa shape index (κ3) is 1.85. The van der Waals surface area contributed by atoms with E-state index < -0.39 is 0 Å². The number of nitrogens with two attached hydrogens (primary N) is 1. The van der Waals surface area contributed by atoms with Crippen LogP contribution in [0.25, 0.3) is 22.4 Å². The molecule has 4 nitrogen and oxygen atoms in total. The van der Waals surface area contributed by atoms with Crippen LogP contribution in [0, 0.1) is 13.8 Å². The number of benzene rings is 1. The van der Waals surface area contributed by atoms with E-state index in [2.05, 4.69) is 15.0 Å². The van der Waals surface area contributed by atoms with Crippen LogP contribution in [0.4, 0.5) is 5.82 Å². The molecular formula is C14H13ClN4. The molecule has 3 N–H and O–H groups in total. The van der Waals surface area contributed by atoms with Crippen molar-refractivity contribution in [1.29, 1.82) is 0 Å². The average Bonchev–Trinajstić information content (AvgIpc) is 2.66. The number of aryl methyl sites for hydroxylation is 2. The molecule has 3 rings (SSSR count). The third-order valence-corrected chi connectivity index (χ3v) is 3.62. The molecule has 0 atom stereocenters.